The molecule has 0 aliphatic heterocycles. The first kappa shape index (κ1) is 16.0. The molecule has 0 aliphatic rings. The fraction of sp³-hybridized carbons (Fsp3) is 0.538. The highest BCUT2D eigenvalue weighted by atomic mass is 35.5. The second kappa shape index (κ2) is 7.49. The Hall–Kier alpha value is -0.0900. The summed E-state index contributed by atoms with van der Waals surface area (Å²) < 4.78 is 12.3. The van der Waals surface area contributed by atoms with Crippen molar-refractivity contribution in [1.29, 1.82) is 0 Å². The van der Waals surface area contributed by atoms with E-state index in [1.807, 2.05) is 7.05 Å². The van der Waals surface area contributed by atoms with Crippen LogP contribution in [0, 0.1) is 5.92 Å². The molecule has 1 aromatic carbocycles. The predicted molar refractivity (Wildman–Crippen MR) is 80.0 cm³/mol. The molecule has 0 bridgehead atoms. The molecule has 3 unspecified atom stereocenters. The molecule has 0 aliphatic carbocycles. The van der Waals surface area contributed by atoms with Crippen molar-refractivity contribution in [2.45, 2.75) is 31.2 Å². The molecule has 3 atom stereocenters. The van der Waals surface area contributed by atoms with E-state index >= 15 is 0 Å². The summed E-state index contributed by atoms with van der Waals surface area (Å²) in [6, 6.07) is 5.29. The Kier molecular flexibility index (Phi) is 6.64. The number of rotatable bonds is 6. The van der Waals surface area contributed by atoms with Crippen molar-refractivity contribution in [2.24, 2.45) is 5.92 Å². The molecule has 5 heteroatoms. The van der Waals surface area contributed by atoms with Crippen LogP contribution in [0.3, 0.4) is 0 Å². The molecule has 0 radical (unpaired) electrons. The molecule has 2 nitrogen and oxygen atoms in total. The second-order valence-corrected chi connectivity index (χ2v) is 6.68. The van der Waals surface area contributed by atoms with Gasteiger partial charge in [0.1, 0.15) is 0 Å². The van der Waals surface area contributed by atoms with Gasteiger partial charge in [-0.1, -0.05) is 43.5 Å². The van der Waals surface area contributed by atoms with Gasteiger partial charge < -0.3 is 5.32 Å². The summed E-state index contributed by atoms with van der Waals surface area (Å²) in [6.07, 6.45) is 1.05. The van der Waals surface area contributed by atoms with E-state index in [4.69, 9.17) is 23.2 Å². The van der Waals surface area contributed by atoms with Gasteiger partial charge in [-0.15, -0.1) is 0 Å². The topological polar surface area (TPSA) is 29.1 Å². The van der Waals surface area contributed by atoms with Crippen LogP contribution in [0.2, 0.25) is 10.0 Å². The van der Waals surface area contributed by atoms with Crippen molar-refractivity contribution < 1.29 is 4.21 Å². The molecule has 1 N–H and O–H groups in total. The minimum absolute atomic E-state index is 0.214. The lowest BCUT2D eigenvalue weighted by Gasteiger charge is -2.22. The van der Waals surface area contributed by atoms with E-state index < -0.39 is 10.8 Å². The lowest BCUT2D eigenvalue weighted by Crippen LogP contribution is -2.36. The maximum atomic E-state index is 12.3. The van der Waals surface area contributed by atoms with Crippen LogP contribution in [0.4, 0.5) is 0 Å². The van der Waals surface area contributed by atoms with Gasteiger partial charge >= 0.3 is 0 Å². The minimum atomic E-state index is -1.14. The van der Waals surface area contributed by atoms with Gasteiger partial charge in [0, 0.05) is 16.8 Å². The molecule has 0 amide bonds. The Balaban J connectivity index is 2.84. The molecule has 0 saturated carbocycles. The average molecular weight is 308 g/mol. The predicted octanol–water partition coefficient (Wildman–Crippen LogP) is 3.74. The monoisotopic (exact) mass is 307 g/mol. The standard InChI is InChI=1S/C13H19Cl2NOS/c1-4-9(2)12(16-3)8-18(17)13-7-10(14)5-6-11(13)15/h5-7,9,12,16H,4,8H2,1-3H3. The van der Waals surface area contributed by atoms with E-state index in [0.717, 1.165) is 6.42 Å². The largest absolute Gasteiger partial charge is 0.316 e. The smallest absolute Gasteiger partial charge is 0.0589 e. The highest BCUT2D eigenvalue weighted by molar-refractivity contribution is 7.85. The Morgan fingerprint density at radius 3 is 2.61 bits per heavy atom. The van der Waals surface area contributed by atoms with Crippen molar-refractivity contribution in [3.8, 4) is 0 Å². The van der Waals surface area contributed by atoms with Gasteiger partial charge in [-0.25, -0.2) is 0 Å². The van der Waals surface area contributed by atoms with E-state index in [0.29, 0.717) is 26.6 Å². The highest BCUT2D eigenvalue weighted by Gasteiger charge is 2.19. The highest BCUT2D eigenvalue weighted by Crippen LogP contribution is 2.25. The molecular weight excluding hydrogens is 289 g/mol. The quantitative estimate of drug-likeness (QED) is 0.867. The van der Waals surface area contributed by atoms with Gasteiger partial charge in [0.2, 0.25) is 0 Å². The van der Waals surface area contributed by atoms with Crippen molar-refractivity contribution in [3.05, 3.63) is 28.2 Å². The SMILES string of the molecule is CCC(C)C(CS(=O)c1cc(Cl)ccc1Cl)NC. The molecule has 1 rings (SSSR count). The van der Waals surface area contributed by atoms with E-state index in [9.17, 15) is 4.21 Å². The third-order valence-electron chi connectivity index (χ3n) is 3.17. The number of benzene rings is 1. The van der Waals surface area contributed by atoms with Crippen LogP contribution in [-0.4, -0.2) is 23.1 Å². The Morgan fingerprint density at radius 2 is 2.06 bits per heavy atom. The first-order valence-electron chi connectivity index (χ1n) is 6.00. The first-order chi connectivity index (χ1) is 8.49. The first-order valence-corrected chi connectivity index (χ1v) is 8.07. The summed E-state index contributed by atoms with van der Waals surface area (Å²) in [4.78, 5) is 0.618. The Morgan fingerprint density at radius 1 is 1.39 bits per heavy atom. The summed E-state index contributed by atoms with van der Waals surface area (Å²) >= 11 is 12.0. The van der Waals surface area contributed by atoms with Gasteiger partial charge in [-0.05, 0) is 31.2 Å². The van der Waals surface area contributed by atoms with Crippen molar-refractivity contribution in [1.82, 2.24) is 5.32 Å². The van der Waals surface area contributed by atoms with E-state index in [1.165, 1.54) is 0 Å². The van der Waals surface area contributed by atoms with Crippen LogP contribution in [0.25, 0.3) is 0 Å². The van der Waals surface area contributed by atoms with Crippen molar-refractivity contribution in [2.75, 3.05) is 12.8 Å². The molecule has 102 valence electrons. The molecule has 0 aromatic heterocycles. The molecule has 0 fully saturated rings. The van der Waals surface area contributed by atoms with Gasteiger partial charge in [-0.2, -0.15) is 0 Å². The fourth-order valence-electron chi connectivity index (χ4n) is 1.72. The van der Waals surface area contributed by atoms with Crippen molar-refractivity contribution >= 4 is 34.0 Å². The van der Waals surface area contributed by atoms with Crippen LogP contribution in [-0.2, 0) is 10.8 Å². The molecular formula is C13H19Cl2NOS. The van der Waals surface area contributed by atoms with E-state index in [1.54, 1.807) is 18.2 Å². The number of hydrogen-bond donors (Lipinski definition) is 1. The fourth-order valence-corrected chi connectivity index (χ4v) is 3.88. The summed E-state index contributed by atoms with van der Waals surface area (Å²) in [5.74, 6) is 1.02. The summed E-state index contributed by atoms with van der Waals surface area (Å²) in [6.45, 7) is 4.28. The molecule has 0 heterocycles. The summed E-state index contributed by atoms with van der Waals surface area (Å²) in [5, 5.41) is 4.29. The number of nitrogens with one attached hydrogen (secondary N) is 1. The lowest BCUT2D eigenvalue weighted by atomic mass is 10.0. The third-order valence-corrected chi connectivity index (χ3v) is 5.34. The van der Waals surface area contributed by atoms with Gasteiger partial charge in [0.25, 0.3) is 0 Å². The van der Waals surface area contributed by atoms with E-state index in [2.05, 4.69) is 19.2 Å². The second-order valence-electron chi connectivity index (χ2n) is 4.37. The maximum Gasteiger partial charge on any atom is 0.0589 e. The van der Waals surface area contributed by atoms with Crippen LogP contribution in [0.5, 0.6) is 0 Å². The zero-order valence-electron chi connectivity index (χ0n) is 10.9. The zero-order valence-corrected chi connectivity index (χ0v) is 13.2. The lowest BCUT2D eigenvalue weighted by molar-refractivity contribution is 0.418. The Bertz CT molecular complexity index is 425. The molecule has 18 heavy (non-hydrogen) atoms. The minimum Gasteiger partial charge on any atom is -0.316 e. The van der Waals surface area contributed by atoms with E-state index in [-0.39, 0.29) is 6.04 Å². The van der Waals surface area contributed by atoms with Crippen LogP contribution >= 0.6 is 23.2 Å². The number of halogens is 2. The third kappa shape index (κ3) is 4.23. The number of hydrogen-bond acceptors (Lipinski definition) is 2. The maximum absolute atomic E-state index is 12.3. The summed E-state index contributed by atoms with van der Waals surface area (Å²) in [5.41, 5.74) is 0. The van der Waals surface area contributed by atoms with Crippen LogP contribution in [0.15, 0.2) is 23.1 Å². The van der Waals surface area contributed by atoms with Crippen LogP contribution in [0.1, 0.15) is 20.3 Å². The van der Waals surface area contributed by atoms with Gasteiger partial charge in [-0.3, -0.25) is 4.21 Å². The van der Waals surface area contributed by atoms with Crippen LogP contribution < -0.4 is 5.32 Å². The summed E-state index contributed by atoms with van der Waals surface area (Å²) in [7, 11) is 0.760. The molecule has 0 spiro atoms. The van der Waals surface area contributed by atoms with Gasteiger partial charge in [0.05, 0.1) is 20.7 Å². The van der Waals surface area contributed by atoms with Gasteiger partial charge in [0.15, 0.2) is 0 Å². The normalized spacial score (nSPS) is 16.3. The zero-order chi connectivity index (χ0) is 13.7. The average Bonchev–Trinajstić information content (AvgIpc) is 2.37. The Labute approximate surface area is 122 Å². The molecule has 0 saturated heterocycles. The van der Waals surface area contributed by atoms with Crippen molar-refractivity contribution in [3.63, 3.8) is 0 Å². The molecule has 1 aromatic rings.